The minimum absolute atomic E-state index is 0.0116. The molecule has 8 heteroatoms. The van der Waals surface area contributed by atoms with Gasteiger partial charge in [0.05, 0.1) is 17.4 Å². The van der Waals surface area contributed by atoms with Gasteiger partial charge in [0, 0.05) is 6.04 Å². The van der Waals surface area contributed by atoms with Crippen molar-refractivity contribution >= 4 is 5.91 Å². The lowest BCUT2D eigenvalue weighted by Crippen LogP contribution is -2.36. The van der Waals surface area contributed by atoms with Crippen LogP contribution in [0.25, 0.3) is 5.69 Å². The van der Waals surface area contributed by atoms with Gasteiger partial charge in [0.2, 0.25) is 0 Å². The standard InChI is InChI=1S/C16H17F3N4O/c17-16(18,19)12-8-4-5-9-14(12)23-10-13(21-22-23)15(24)20-11-6-2-1-3-7-11/h4-5,8-11H,1-3,6-7H2,(H,20,24). The number of alkyl halides is 3. The molecule has 1 heterocycles. The van der Waals surface area contributed by atoms with Crippen molar-refractivity contribution in [2.45, 2.75) is 44.3 Å². The summed E-state index contributed by atoms with van der Waals surface area (Å²) in [5.41, 5.74) is -0.971. The van der Waals surface area contributed by atoms with E-state index in [9.17, 15) is 18.0 Å². The topological polar surface area (TPSA) is 59.8 Å². The zero-order valence-electron chi connectivity index (χ0n) is 12.9. The van der Waals surface area contributed by atoms with E-state index >= 15 is 0 Å². The highest BCUT2D eigenvalue weighted by Gasteiger charge is 2.34. The van der Waals surface area contributed by atoms with Crippen LogP contribution < -0.4 is 5.32 Å². The summed E-state index contributed by atoms with van der Waals surface area (Å²) in [6.07, 6.45) is 1.84. The molecule has 2 aromatic rings. The Morgan fingerprint density at radius 2 is 1.88 bits per heavy atom. The van der Waals surface area contributed by atoms with Gasteiger partial charge in [-0.15, -0.1) is 5.10 Å². The normalized spacial score (nSPS) is 16.1. The number of hydrogen-bond acceptors (Lipinski definition) is 3. The number of nitrogens with one attached hydrogen (secondary N) is 1. The zero-order valence-corrected chi connectivity index (χ0v) is 12.9. The molecule has 128 valence electrons. The molecule has 5 nitrogen and oxygen atoms in total. The molecular formula is C16H17F3N4O. The molecule has 1 aromatic heterocycles. The predicted molar refractivity (Wildman–Crippen MR) is 80.7 cm³/mol. The summed E-state index contributed by atoms with van der Waals surface area (Å²) in [5.74, 6) is -0.405. The molecule has 1 aromatic carbocycles. The van der Waals surface area contributed by atoms with Crippen molar-refractivity contribution in [1.82, 2.24) is 20.3 Å². The molecule has 0 aliphatic heterocycles. The van der Waals surface area contributed by atoms with Gasteiger partial charge in [-0.1, -0.05) is 36.6 Å². The summed E-state index contributed by atoms with van der Waals surface area (Å²) >= 11 is 0. The Morgan fingerprint density at radius 1 is 1.17 bits per heavy atom. The number of aromatic nitrogens is 3. The van der Waals surface area contributed by atoms with E-state index in [1.165, 1.54) is 24.4 Å². The lowest BCUT2D eigenvalue weighted by molar-refractivity contribution is -0.137. The molecule has 0 atom stereocenters. The molecule has 0 radical (unpaired) electrons. The monoisotopic (exact) mass is 338 g/mol. The molecule has 1 aliphatic carbocycles. The third-order valence-electron chi connectivity index (χ3n) is 4.12. The fraction of sp³-hybridized carbons (Fsp3) is 0.438. The molecule has 0 unspecified atom stereocenters. The molecule has 1 saturated carbocycles. The number of rotatable bonds is 3. The van der Waals surface area contributed by atoms with Gasteiger partial charge in [-0.05, 0) is 25.0 Å². The summed E-state index contributed by atoms with van der Waals surface area (Å²) < 4.78 is 40.2. The summed E-state index contributed by atoms with van der Waals surface area (Å²) in [5, 5.41) is 10.3. The van der Waals surface area contributed by atoms with Crippen molar-refractivity contribution in [2.24, 2.45) is 0 Å². The number of halogens is 3. The molecule has 0 bridgehead atoms. The van der Waals surface area contributed by atoms with Gasteiger partial charge >= 0.3 is 6.18 Å². The van der Waals surface area contributed by atoms with Crippen molar-refractivity contribution in [3.05, 3.63) is 41.7 Å². The maximum Gasteiger partial charge on any atom is 0.418 e. The van der Waals surface area contributed by atoms with Crippen LogP contribution in [0.2, 0.25) is 0 Å². The summed E-state index contributed by atoms with van der Waals surface area (Å²) in [7, 11) is 0. The van der Waals surface area contributed by atoms with E-state index in [0.717, 1.165) is 42.9 Å². The second kappa shape index (κ2) is 6.62. The van der Waals surface area contributed by atoms with Crippen LogP contribution in [0.15, 0.2) is 30.5 Å². The fourth-order valence-corrected chi connectivity index (χ4v) is 2.90. The SMILES string of the molecule is O=C(NC1CCCCC1)c1cn(-c2ccccc2C(F)(F)F)nn1. The Balaban J connectivity index is 1.80. The van der Waals surface area contributed by atoms with Gasteiger partial charge in [0.1, 0.15) is 0 Å². The first kappa shape index (κ1) is 16.5. The largest absolute Gasteiger partial charge is 0.418 e. The van der Waals surface area contributed by atoms with E-state index in [-0.39, 0.29) is 17.4 Å². The number of carbonyl (C=O) groups is 1. The van der Waals surface area contributed by atoms with Gasteiger partial charge in [-0.3, -0.25) is 4.79 Å². The average molecular weight is 338 g/mol. The predicted octanol–water partition coefficient (Wildman–Crippen LogP) is 3.35. The lowest BCUT2D eigenvalue weighted by atomic mass is 9.95. The Hall–Kier alpha value is -2.38. The average Bonchev–Trinajstić information content (AvgIpc) is 3.05. The molecule has 1 fully saturated rings. The van der Waals surface area contributed by atoms with E-state index in [4.69, 9.17) is 0 Å². The van der Waals surface area contributed by atoms with Crippen LogP contribution in [-0.4, -0.2) is 26.9 Å². The first-order chi connectivity index (χ1) is 11.4. The highest BCUT2D eigenvalue weighted by atomic mass is 19.4. The van der Waals surface area contributed by atoms with Gasteiger partial charge in [-0.25, -0.2) is 4.68 Å². The Labute approximate surface area is 136 Å². The summed E-state index contributed by atoms with van der Waals surface area (Å²) in [6.45, 7) is 0. The van der Waals surface area contributed by atoms with E-state index in [1.54, 1.807) is 0 Å². The minimum atomic E-state index is -4.51. The van der Waals surface area contributed by atoms with Crippen molar-refractivity contribution in [2.75, 3.05) is 0 Å². The van der Waals surface area contributed by atoms with Gasteiger partial charge in [-0.2, -0.15) is 13.2 Å². The van der Waals surface area contributed by atoms with E-state index < -0.39 is 17.6 Å². The van der Waals surface area contributed by atoms with Crippen LogP contribution in [0.1, 0.15) is 48.2 Å². The van der Waals surface area contributed by atoms with Crippen molar-refractivity contribution in [3.8, 4) is 5.69 Å². The second-order valence-electron chi connectivity index (χ2n) is 5.87. The molecule has 3 rings (SSSR count). The Morgan fingerprint density at radius 3 is 2.58 bits per heavy atom. The van der Waals surface area contributed by atoms with Gasteiger partial charge < -0.3 is 5.32 Å². The quantitative estimate of drug-likeness (QED) is 0.934. The van der Waals surface area contributed by atoms with Crippen LogP contribution in [0.3, 0.4) is 0 Å². The van der Waals surface area contributed by atoms with E-state index in [2.05, 4.69) is 15.6 Å². The maximum absolute atomic E-state index is 13.1. The number of carbonyl (C=O) groups excluding carboxylic acids is 1. The van der Waals surface area contributed by atoms with Crippen molar-refractivity contribution in [1.29, 1.82) is 0 Å². The number of amides is 1. The highest BCUT2D eigenvalue weighted by molar-refractivity contribution is 5.92. The first-order valence-electron chi connectivity index (χ1n) is 7.85. The third kappa shape index (κ3) is 3.58. The Bertz CT molecular complexity index is 720. The number of hydrogen-bond donors (Lipinski definition) is 1. The number of nitrogens with zero attached hydrogens (tertiary/aromatic N) is 3. The highest BCUT2D eigenvalue weighted by Crippen LogP contribution is 2.33. The third-order valence-corrected chi connectivity index (χ3v) is 4.12. The van der Waals surface area contributed by atoms with Crippen LogP contribution in [0.4, 0.5) is 13.2 Å². The van der Waals surface area contributed by atoms with Crippen molar-refractivity contribution < 1.29 is 18.0 Å². The van der Waals surface area contributed by atoms with Gasteiger partial charge in [0.25, 0.3) is 5.91 Å². The minimum Gasteiger partial charge on any atom is -0.348 e. The van der Waals surface area contributed by atoms with E-state index in [1.807, 2.05) is 0 Å². The van der Waals surface area contributed by atoms with Gasteiger partial charge in [0.15, 0.2) is 5.69 Å². The molecule has 1 aliphatic rings. The maximum atomic E-state index is 13.1. The Kier molecular flexibility index (Phi) is 4.55. The van der Waals surface area contributed by atoms with Crippen LogP contribution in [0.5, 0.6) is 0 Å². The molecule has 24 heavy (non-hydrogen) atoms. The number of benzene rings is 1. The first-order valence-corrected chi connectivity index (χ1v) is 7.85. The number of para-hydroxylation sites is 1. The van der Waals surface area contributed by atoms with Crippen LogP contribution in [0, 0.1) is 0 Å². The molecular weight excluding hydrogens is 321 g/mol. The molecule has 1 N–H and O–H groups in total. The fourth-order valence-electron chi connectivity index (χ4n) is 2.90. The molecule has 0 saturated heterocycles. The van der Waals surface area contributed by atoms with E-state index in [0.29, 0.717) is 0 Å². The van der Waals surface area contributed by atoms with Crippen LogP contribution >= 0.6 is 0 Å². The zero-order chi connectivity index (χ0) is 17.2. The second-order valence-corrected chi connectivity index (χ2v) is 5.87. The summed E-state index contributed by atoms with van der Waals surface area (Å²) in [6, 6.07) is 5.14. The summed E-state index contributed by atoms with van der Waals surface area (Å²) in [4.78, 5) is 12.2. The van der Waals surface area contributed by atoms with Crippen molar-refractivity contribution in [3.63, 3.8) is 0 Å². The molecule has 1 amide bonds. The smallest absolute Gasteiger partial charge is 0.348 e. The molecule has 0 spiro atoms. The lowest BCUT2D eigenvalue weighted by Gasteiger charge is -2.22. The van der Waals surface area contributed by atoms with Crippen LogP contribution in [-0.2, 0) is 6.18 Å².